The van der Waals surface area contributed by atoms with Gasteiger partial charge in [-0.3, -0.25) is 14.9 Å². The number of nitrogens with one attached hydrogen (secondary N) is 1. The minimum atomic E-state index is -0.627. The fraction of sp³-hybridized carbons (Fsp3) is 0.133. The molecule has 0 aromatic heterocycles. The Bertz CT molecular complexity index is 720. The lowest BCUT2D eigenvalue weighted by molar-refractivity contribution is -0.385. The lowest BCUT2D eigenvalue weighted by atomic mass is 10.1. The number of nitro groups is 1. The normalized spacial score (nSPS) is 10.3. The van der Waals surface area contributed by atoms with Crippen molar-refractivity contribution in [2.45, 2.75) is 6.42 Å². The molecule has 0 bridgehead atoms. The predicted molar refractivity (Wildman–Crippen MR) is 85.6 cm³/mol. The monoisotopic (exact) mass is 338 g/mol. The zero-order valence-corrected chi connectivity index (χ0v) is 12.9. The van der Waals surface area contributed by atoms with Crippen LogP contribution in [-0.2, 0) is 6.42 Å². The Morgan fingerprint density at radius 2 is 1.86 bits per heavy atom. The van der Waals surface area contributed by atoms with Crippen LogP contribution in [-0.4, -0.2) is 17.4 Å². The molecule has 1 amide bonds. The number of nitrogens with zero attached hydrogens (tertiary/aromatic N) is 1. The summed E-state index contributed by atoms with van der Waals surface area (Å²) in [5.74, 6) is -0.509. The number of nitro benzene ring substituents is 1. The van der Waals surface area contributed by atoms with Crippen LogP contribution >= 0.6 is 23.2 Å². The first-order valence-corrected chi connectivity index (χ1v) is 7.19. The van der Waals surface area contributed by atoms with Crippen molar-refractivity contribution in [3.63, 3.8) is 0 Å². The Kier molecular flexibility index (Phi) is 5.35. The van der Waals surface area contributed by atoms with Gasteiger partial charge in [-0.2, -0.15) is 0 Å². The summed E-state index contributed by atoms with van der Waals surface area (Å²) < 4.78 is 0. The first-order chi connectivity index (χ1) is 10.5. The van der Waals surface area contributed by atoms with Gasteiger partial charge in [0.1, 0.15) is 5.56 Å². The van der Waals surface area contributed by atoms with Gasteiger partial charge in [0, 0.05) is 22.7 Å². The van der Waals surface area contributed by atoms with E-state index in [-0.39, 0.29) is 16.3 Å². The molecule has 0 fully saturated rings. The number of hydrogen-bond acceptors (Lipinski definition) is 3. The number of rotatable bonds is 5. The Morgan fingerprint density at radius 3 is 2.55 bits per heavy atom. The van der Waals surface area contributed by atoms with Crippen molar-refractivity contribution in [2.24, 2.45) is 0 Å². The molecule has 0 saturated carbocycles. The second kappa shape index (κ2) is 7.24. The Balaban J connectivity index is 2.02. The average molecular weight is 339 g/mol. The van der Waals surface area contributed by atoms with Crippen molar-refractivity contribution in [2.75, 3.05) is 6.54 Å². The van der Waals surface area contributed by atoms with Gasteiger partial charge in [0.15, 0.2) is 0 Å². The summed E-state index contributed by atoms with van der Waals surface area (Å²) in [6.07, 6.45) is 0.577. The Labute approximate surface area is 137 Å². The second-order valence-corrected chi connectivity index (χ2v) is 5.43. The van der Waals surface area contributed by atoms with Crippen LogP contribution in [0.15, 0.2) is 42.5 Å². The molecule has 0 saturated heterocycles. The maximum absolute atomic E-state index is 12.1. The zero-order chi connectivity index (χ0) is 16.1. The van der Waals surface area contributed by atoms with Gasteiger partial charge in [-0.1, -0.05) is 35.3 Å². The molecule has 2 aromatic rings. The van der Waals surface area contributed by atoms with Gasteiger partial charge >= 0.3 is 0 Å². The summed E-state index contributed by atoms with van der Waals surface area (Å²) in [5, 5.41) is 14.4. The fourth-order valence-electron chi connectivity index (χ4n) is 1.96. The first-order valence-electron chi connectivity index (χ1n) is 6.44. The second-order valence-electron chi connectivity index (χ2n) is 4.55. The summed E-state index contributed by atoms with van der Waals surface area (Å²) in [6, 6.07) is 11.2. The van der Waals surface area contributed by atoms with E-state index in [1.807, 2.05) is 12.1 Å². The summed E-state index contributed by atoms with van der Waals surface area (Å²) >= 11 is 11.6. The lowest BCUT2D eigenvalue weighted by Gasteiger charge is -2.06. The van der Waals surface area contributed by atoms with E-state index in [0.717, 1.165) is 11.6 Å². The average Bonchev–Trinajstić information content (AvgIpc) is 2.47. The van der Waals surface area contributed by atoms with Crippen molar-refractivity contribution in [3.05, 3.63) is 73.8 Å². The van der Waals surface area contributed by atoms with Crippen LogP contribution < -0.4 is 5.32 Å². The number of carbonyl (C=O) groups excluding carboxylic acids is 1. The van der Waals surface area contributed by atoms with E-state index in [1.54, 1.807) is 12.1 Å². The van der Waals surface area contributed by atoms with E-state index in [2.05, 4.69) is 5.32 Å². The van der Waals surface area contributed by atoms with Crippen molar-refractivity contribution in [1.82, 2.24) is 5.32 Å². The molecule has 2 aromatic carbocycles. The van der Waals surface area contributed by atoms with Crippen LogP contribution in [0.4, 0.5) is 5.69 Å². The molecule has 0 heterocycles. The molecule has 114 valence electrons. The Morgan fingerprint density at radius 1 is 1.14 bits per heavy atom. The van der Waals surface area contributed by atoms with E-state index in [4.69, 9.17) is 23.2 Å². The minimum absolute atomic E-state index is 0.0134. The standard InChI is InChI=1S/C15H12Cl2N2O3/c16-11-3-1-2-10(8-11)6-7-18-15(20)13-5-4-12(17)9-14(13)19(21)22/h1-5,8-9H,6-7H2,(H,18,20). The van der Waals surface area contributed by atoms with Gasteiger partial charge in [0.05, 0.1) is 4.92 Å². The zero-order valence-electron chi connectivity index (χ0n) is 11.4. The topological polar surface area (TPSA) is 72.2 Å². The van der Waals surface area contributed by atoms with E-state index in [9.17, 15) is 14.9 Å². The smallest absolute Gasteiger partial charge is 0.283 e. The molecule has 7 heteroatoms. The fourth-order valence-corrected chi connectivity index (χ4v) is 2.34. The maximum Gasteiger partial charge on any atom is 0.283 e. The van der Waals surface area contributed by atoms with Crippen LogP contribution in [0.5, 0.6) is 0 Å². The molecule has 0 aliphatic rings. The highest BCUT2D eigenvalue weighted by Gasteiger charge is 2.20. The summed E-state index contributed by atoms with van der Waals surface area (Å²) in [7, 11) is 0. The lowest BCUT2D eigenvalue weighted by Crippen LogP contribution is -2.26. The van der Waals surface area contributed by atoms with Crippen LogP contribution in [0.1, 0.15) is 15.9 Å². The number of halogens is 2. The molecule has 0 unspecified atom stereocenters. The van der Waals surface area contributed by atoms with Gasteiger partial charge in [-0.05, 0) is 36.2 Å². The minimum Gasteiger partial charge on any atom is -0.351 e. The van der Waals surface area contributed by atoms with E-state index < -0.39 is 10.8 Å². The van der Waals surface area contributed by atoms with E-state index in [1.165, 1.54) is 12.1 Å². The van der Waals surface area contributed by atoms with Crippen molar-refractivity contribution in [3.8, 4) is 0 Å². The molecule has 0 spiro atoms. The molecular weight excluding hydrogens is 327 g/mol. The van der Waals surface area contributed by atoms with Crippen LogP contribution in [0, 0.1) is 10.1 Å². The van der Waals surface area contributed by atoms with Crippen LogP contribution in [0.25, 0.3) is 0 Å². The molecule has 0 aliphatic carbocycles. The maximum atomic E-state index is 12.1. The summed E-state index contributed by atoms with van der Waals surface area (Å²) in [5.41, 5.74) is 0.645. The predicted octanol–water partition coefficient (Wildman–Crippen LogP) is 3.87. The van der Waals surface area contributed by atoms with Gasteiger partial charge in [0.2, 0.25) is 0 Å². The molecule has 22 heavy (non-hydrogen) atoms. The first kappa shape index (κ1) is 16.3. The van der Waals surface area contributed by atoms with Crippen LogP contribution in [0.3, 0.4) is 0 Å². The van der Waals surface area contributed by atoms with E-state index in [0.29, 0.717) is 18.0 Å². The molecule has 1 N–H and O–H groups in total. The van der Waals surface area contributed by atoms with Crippen molar-refractivity contribution in [1.29, 1.82) is 0 Å². The third kappa shape index (κ3) is 4.19. The molecular formula is C15H12Cl2N2O3. The van der Waals surface area contributed by atoms with Gasteiger partial charge in [-0.15, -0.1) is 0 Å². The van der Waals surface area contributed by atoms with Crippen LogP contribution in [0.2, 0.25) is 10.0 Å². The van der Waals surface area contributed by atoms with Gasteiger partial charge in [0.25, 0.3) is 11.6 Å². The molecule has 0 radical (unpaired) electrons. The number of amides is 1. The molecule has 2 rings (SSSR count). The van der Waals surface area contributed by atoms with Gasteiger partial charge < -0.3 is 5.32 Å². The summed E-state index contributed by atoms with van der Waals surface area (Å²) in [4.78, 5) is 22.4. The number of hydrogen-bond donors (Lipinski definition) is 1. The molecule has 0 aliphatic heterocycles. The van der Waals surface area contributed by atoms with Crippen molar-refractivity contribution < 1.29 is 9.72 Å². The van der Waals surface area contributed by atoms with E-state index >= 15 is 0 Å². The molecule has 0 atom stereocenters. The largest absolute Gasteiger partial charge is 0.351 e. The number of benzene rings is 2. The quantitative estimate of drug-likeness (QED) is 0.664. The highest BCUT2D eigenvalue weighted by Crippen LogP contribution is 2.23. The highest BCUT2D eigenvalue weighted by atomic mass is 35.5. The Hall–Kier alpha value is -2.11. The molecule has 5 nitrogen and oxygen atoms in total. The van der Waals surface area contributed by atoms with Crippen molar-refractivity contribution >= 4 is 34.8 Å². The SMILES string of the molecule is O=C(NCCc1cccc(Cl)c1)c1ccc(Cl)cc1[N+](=O)[O-]. The highest BCUT2D eigenvalue weighted by molar-refractivity contribution is 6.31. The number of carbonyl (C=O) groups is 1. The summed E-state index contributed by atoms with van der Waals surface area (Å²) in [6.45, 7) is 0.346. The third-order valence-corrected chi connectivity index (χ3v) is 3.46. The van der Waals surface area contributed by atoms with Gasteiger partial charge in [-0.25, -0.2) is 0 Å². The third-order valence-electron chi connectivity index (χ3n) is 2.99.